The molecule has 0 radical (unpaired) electrons. The molecule has 3 aromatic rings. The Morgan fingerprint density at radius 3 is 2.30 bits per heavy atom. The standard InChI is InChI=1S/C22H23N3O2/c1-17(26)25-20-6-10-22(11-7-20)27-21-8-4-18(5-9-21)12-14-24-16-19-3-2-13-23-15-19/h2-11,13,15,24H,12,14,16H2,1H3,(H,25,26). The monoisotopic (exact) mass is 361 g/mol. The lowest BCUT2D eigenvalue weighted by molar-refractivity contribution is -0.114. The van der Waals surface area contributed by atoms with Crippen molar-refractivity contribution in [1.82, 2.24) is 10.3 Å². The van der Waals surface area contributed by atoms with E-state index >= 15 is 0 Å². The number of nitrogens with zero attached hydrogens (tertiary/aromatic N) is 1. The second kappa shape index (κ2) is 9.50. The summed E-state index contributed by atoms with van der Waals surface area (Å²) in [5.41, 5.74) is 3.19. The zero-order chi connectivity index (χ0) is 18.9. The average molecular weight is 361 g/mol. The molecule has 0 saturated heterocycles. The van der Waals surface area contributed by atoms with E-state index in [-0.39, 0.29) is 5.91 Å². The molecule has 0 saturated carbocycles. The SMILES string of the molecule is CC(=O)Nc1ccc(Oc2ccc(CCNCc3cccnc3)cc2)cc1. The lowest BCUT2D eigenvalue weighted by Gasteiger charge is -2.09. The number of aromatic nitrogens is 1. The molecule has 1 heterocycles. The zero-order valence-electron chi connectivity index (χ0n) is 15.3. The van der Waals surface area contributed by atoms with Gasteiger partial charge in [-0.2, -0.15) is 0 Å². The Morgan fingerprint density at radius 2 is 1.67 bits per heavy atom. The van der Waals surface area contributed by atoms with Crippen molar-refractivity contribution in [2.45, 2.75) is 19.9 Å². The minimum absolute atomic E-state index is 0.0887. The first-order valence-corrected chi connectivity index (χ1v) is 8.93. The van der Waals surface area contributed by atoms with Gasteiger partial charge >= 0.3 is 0 Å². The molecule has 5 nitrogen and oxygen atoms in total. The summed E-state index contributed by atoms with van der Waals surface area (Å²) in [6.07, 6.45) is 4.61. The smallest absolute Gasteiger partial charge is 0.221 e. The minimum atomic E-state index is -0.0887. The summed E-state index contributed by atoms with van der Waals surface area (Å²) in [7, 11) is 0. The number of benzene rings is 2. The van der Waals surface area contributed by atoms with Crippen molar-refractivity contribution in [2.24, 2.45) is 0 Å². The molecule has 0 atom stereocenters. The maximum atomic E-state index is 11.0. The van der Waals surface area contributed by atoms with Gasteiger partial charge in [0.25, 0.3) is 0 Å². The highest BCUT2D eigenvalue weighted by atomic mass is 16.5. The number of pyridine rings is 1. The third kappa shape index (κ3) is 6.24. The van der Waals surface area contributed by atoms with Crippen LogP contribution in [-0.2, 0) is 17.8 Å². The van der Waals surface area contributed by atoms with Gasteiger partial charge in [0, 0.05) is 31.5 Å². The summed E-state index contributed by atoms with van der Waals surface area (Å²) in [5.74, 6) is 1.43. The first kappa shape index (κ1) is 18.6. The van der Waals surface area contributed by atoms with E-state index in [1.54, 1.807) is 6.20 Å². The van der Waals surface area contributed by atoms with E-state index in [2.05, 4.69) is 33.8 Å². The lowest BCUT2D eigenvalue weighted by atomic mass is 10.1. The number of rotatable bonds is 8. The van der Waals surface area contributed by atoms with Crippen LogP contribution in [0.1, 0.15) is 18.1 Å². The maximum absolute atomic E-state index is 11.0. The molecule has 0 aliphatic rings. The van der Waals surface area contributed by atoms with Gasteiger partial charge in [0.2, 0.25) is 5.91 Å². The molecular weight excluding hydrogens is 338 g/mol. The van der Waals surface area contributed by atoms with Gasteiger partial charge in [-0.1, -0.05) is 18.2 Å². The molecule has 0 aliphatic carbocycles. The van der Waals surface area contributed by atoms with Crippen molar-refractivity contribution < 1.29 is 9.53 Å². The fourth-order valence-corrected chi connectivity index (χ4v) is 2.64. The molecule has 5 heteroatoms. The summed E-state index contributed by atoms with van der Waals surface area (Å²) in [5, 5.41) is 6.16. The fourth-order valence-electron chi connectivity index (χ4n) is 2.64. The van der Waals surface area contributed by atoms with E-state index in [0.29, 0.717) is 0 Å². The number of amides is 1. The number of carbonyl (C=O) groups is 1. The van der Waals surface area contributed by atoms with Crippen LogP contribution in [-0.4, -0.2) is 17.4 Å². The molecule has 2 aromatic carbocycles. The van der Waals surface area contributed by atoms with E-state index < -0.39 is 0 Å². The highest BCUT2D eigenvalue weighted by Crippen LogP contribution is 2.23. The van der Waals surface area contributed by atoms with Crippen LogP contribution in [0.4, 0.5) is 5.69 Å². The first-order chi connectivity index (χ1) is 13.2. The Balaban J connectivity index is 1.45. The predicted octanol–water partition coefficient (Wildman–Crippen LogP) is 4.16. The van der Waals surface area contributed by atoms with Gasteiger partial charge in [-0.3, -0.25) is 9.78 Å². The Labute approximate surface area is 159 Å². The largest absolute Gasteiger partial charge is 0.457 e. The highest BCUT2D eigenvalue weighted by molar-refractivity contribution is 5.88. The summed E-state index contributed by atoms with van der Waals surface area (Å²) in [6.45, 7) is 3.21. The molecule has 2 N–H and O–H groups in total. The molecule has 0 bridgehead atoms. The van der Waals surface area contributed by atoms with Gasteiger partial charge in [-0.05, 0) is 66.6 Å². The Hall–Kier alpha value is -3.18. The number of carbonyl (C=O) groups excluding carboxylic acids is 1. The highest BCUT2D eigenvalue weighted by Gasteiger charge is 2.00. The molecule has 0 unspecified atom stereocenters. The summed E-state index contributed by atoms with van der Waals surface area (Å²) in [6, 6.07) is 19.4. The van der Waals surface area contributed by atoms with Gasteiger partial charge in [-0.15, -0.1) is 0 Å². The summed E-state index contributed by atoms with van der Waals surface area (Å²) >= 11 is 0. The van der Waals surface area contributed by atoms with E-state index in [1.165, 1.54) is 18.1 Å². The third-order valence-corrected chi connectivity index (χ3v) is 3.98. The zero-order valence-corrected chi connectivity index (χ0v) is 15.3. The Kier molecular flexibility index (Phi) is 6.55. The van der Waals surface area contributed by atoms with Gasteiger partial charge < -0.3 is 15.4 Å². The quantitative estimate of drug-likeness (QED) is 0.591. The van der Waals surface area contributed by atoms with E-state index in [0.717, 1.165) is 36.7 Å². The van der Waals surface area contributed by atoms with Crippen LogP contribution in [0.15, 0.2) is 73.1 Å². The van der Waals surface area contributed by atoms with Gasteiger partial charge in [-0.25, -0.2) is 0 Å². The van der Waals surface area contributed by atoms with Crippen LogP contribution < -0.4 is 15.4 Å². The van der Waals surface area contributed by atoms with Crippen molar-refractivity contribution in [1.29, 1.82) is 0 Å². The number of hydrogen-bond donors (Lipinski definition) is 2. The Bertz CT molecular complexity index is 847. The van der Waals surface area contributed by atoms with E-state index in [4.69, 9.17) is 4.74 Å². The molecule has 1 aromatic heterocycles. The lowest BCUT2D eigenvalue weighted by Crippen LogP contribution is -2.16. The second-order valence-electron chi connectivity index (χ2n) is 6.24. The average Bonchev–Trinajstić information content (AvgIpc) is 2.68. The molecule has 0 aliphatic heterocycles. The second-order valence-corrected chi connectivity index (χ2v) is 6.24. The maximum Gasteiger partial charge on any atom is 0.221 e. The van der Waals surface area contributed by atoms with Crippen LogP contribution in [0.5, 0.6) is 11.5 Å². The number of nitrogens with one attached hydrogen (secondary N) is 2. The van der Waals surface area contributed by atoms with Crippen molar-refractivity contribution in [3.8, 4) is 11.5 Å². The molecule has 138 valence electrons. The van der Waals surface area contributed by atoms with Crippen molar-refractivity contribution in [3.63, 3.8) is 0 Å². The number of anilines is 1. The molecule has 0 fully saturated rings. The first-order valence-electron chi connectivity index (χ1n) is 8.93. The Morgan fingerprint density at radius 1 is 0.963 bits per heavy atom. The normalized spacial score (nSPS) is 10.4. The van der Waals surface area contributed by atoms with Crippen LogP contribution in [0, 0.1) is 0 Å². The van der Waals surface area contributed by atoms with Crippen molar-refractivity contribution >= 4 is 11.6 Å². The molecule has 0 spiro atoms. The number of ether oxygens (including phenoxy) is 1. The molecular formula is C22H23N3O2. The van der Waals surface area contributed by atoms with Gasteiger partial charge in [0.1, 0.15) is 11.5 Å². The van der Waals surface area contributed by atoms with E-state index in [1.807, 2.05) is 48.7 Å². The van der Waals surface area contributed by atoms with Crippen LogP contribution >= 0.6 is 0 Å². The number of hydrogen-bond acceptors (Lipinski definition) is 4. The van der Waals surface area contributed by atoms with Gasteiger partial charge in [0.05, 0.1) is 0 Å². The third-order valence-electron chi connectivity index (χ3n) is 3.98. The molecule has 27 heavy (non-hydrogen) atoms. The summed E-state index contributed by atoms with van der Waals surface area (Å²) < 4.78 is 5.84. The van der Waals surface area contributed by atoms with Crippen LogP contribution in [0.2, 0.25) is 0 Å². The summed E-state index contributed by atoms with van der Waals surface area (Å²) in [4.78, 5) is 15.1. The van der Waals surface area contributed by atoms with Crippen molar-refractivity contribution in [2.75, 3.05) is 11.9 Å². The molecule has 3 rings (SSSR count). The van der Waals surface area contributed by atoms with Crippen molar-refractivity contribution in [3.05, 3.63) is 84.2 Å². The molecule has 1 amide bonds. The fraction of sp³-hybridized carbons (Fsp3) is 0.182. The topological polar surface area (TPSA) is 63.2 Å². The van der Waals surface area contributed by atoms with Crippen LogP contribution in [0.3, 0.4) is 0 Å². The van der Waals surface area contributed by atoms with Crippen LogP contribution in [0.25, 0.3) is 0 Å². The van der Waals surface area contributed by atoms with Gasteiger partial charge in [0.15, 0.2) is 0 Å². The minimum Gasteiger partial charge on any atom is -0.457 e. The van der Waals surface area contributed by atoms with E-state index in [9.17, 15) is 4.79 Å². The predicted molar refractivity (Wildman–Crippen MR) is 107 cm³/mol.